The molecule has 1 aromatic carbocycles. The first-order chi connectivity index (χ1) is 9.94. The van der Waals surface area contributed by atoms with E-state index in [0.717, 1.165) is 17.7 Å². The second-order valence-electron chi connectivity index (χ2n) is 5.64. The van der Waals surface area contributed by atoms with Crippen LogP contribution in [0.2, 0.25) is 0 Å². The van der Waals surface area contributed by atoms with Gasteiger partial charge in [0.15, 0.2) is 9.84 Å². The Kier molecular flexibility index (Phi) is 5.61. The average Bonchev–Trinajstić information content (AvgIpc) is 2.42. The van der Waals surface area contributed by atoms with Gasteiger partial charge in [-0.1, -0.05) is 12.1 Å². The van der Waals surface area contributed by atoms with Gasteiger partial charge in [0.1, 0.15) is 18.5 Å². The number of hydrogen-bond acceptors (Lipinski definition) is 5. The number of sulfone groups is 1. The van der Waals surface area contributed by atoms with Crippen molar-refractivity contribution in [1.29, 1.82) is 0 Å². The highest BCUT2D eigenvalue weighted by Gasteiger charge is 2.24. The number of rotatable bonds is 6. The van der Waals surface area contributed by atoms with Gasteiger partial charge in [-0.2, -0.15) is 0 Å². The lowest BCUT2D eigenvalue weighted by atomic mass is 10.2. The minimum atomic E-state index is -2.92. The molecule has 0 aliphatic carbocycles. The molecule has 0 amide bonds. The van der Waals surface area contributed by atoms with Crippen LogP contribution in [0, 0.1) is 6.92 Å². The van der Waals surface area contributed by atoms with Gasteiger partial charge in [-0.05, 0) is 37.5 Å². The molecule has 5 nitrogen and oxygen atoms in total. The van der Waals surface area contributed by atoms with Gasteiger partial charge >= 0.3 is 0 Å². The molecule has 2 N–H and O–H groups in total. The standard InChI is InChI=1S/C15H23NO4S/c1-12-4-2-6-15(8-12)20-10-14(17)9-16-13-5-3-7-21(18,19)11-13/h2,4,6,8,13-14,16-17H,3,5,7,9-11H2,1H3. The van der Waals surface area contributed by atoms with Crippen LogP contribution in [-0.4, -0.2) is 50.3 Å². The molecule has 1 aliphatic rings. The zero-order chi connectivity index (χ0) is 15.3. The molecular weight excluding hydrogens is 290 g/mol. The highest BCUT2D eigenvalue weighted by molar-refractivity contribution is 7.91. The third-order valence-electron chi connectivity index (χ3n) is 3.54. The molecule has 2 rings (SSSR count). The molecule has 0 spiro atoms. The van der Waals surface area contributed by atoms with Gasteiger partial charge in [0, 0.05) is 12.6 Å². The Morgan fingerprint density at radius 2 is 2.29 bits per heavy atom. The van der Waals surface area contributed by atoms with Crippen LogP contribution in [0.5, 0.6) is 5.75 Å². The van der Waals surface area contributed by atoms with Gasteiger partial charge in [-0.15, -0.1) is 0 Å². The summed E-state index contributed by atoms with van der Waals surface area (Å²) in [6, 6.07) is 7.59. The van der Waals surface area contributed by atoms with Crippen LogP contribution in [0.15, 0.2) is 24.3 Å². The predicted molar refractivity (Wildman–Crippen MR) is 82.4 cm³/mol. The summed E-state index contributed by atoms with van der Waals surface area (Å²) in [6.07, 6.45) is 0.871. The maximum atomic E-state index is 11.5. The van der Waals surface area contributed by atoms with Crippen molar-refractivity contribution in [3.05, 3.63) is 29.8 Å². The molecule has 0 saturated carbocycles. The van der Waals surface area contributed by atoms with Crippen molar-refractivity contribution < 1.29 is 18.3 Å². The van der Waals surface area contributed by atoms with E-state index in [-0.39, 0.29) is 24.2 Å². The van der Waals surface area contributed by atoms with E-state index < -0.39 is 15.9 Å². The first kappa shape index (κ1) is 16.3. The summed E-state index contributed by atoms with van der Waals surface area (Å²) in [6.45, 7) is 2.51. The Morgan fingerprint density at radius 1 is 1.48 bits per heavy atom. The van der Waals surface area contributed by atoms with Crippen LogP contribution in [-0.2, 0) is 9.84 Å². The van der Waals surface area contributed by atoms with Gasteiger partial charge in [0.25, 0.3) is 0 Å². The molecule has 0 aromatic heterocycles. The molecule has 0 bridgehead atoms. The van der Waals surface area contributed by atoms with E-state index in [2.05, 4.69) is 5.32 Å². The van der Waals surface area contributed by atoms with Gasteiger partial charge in [-0.3, -0.25) is 0 Å². The molecule has 6 heteroatoms. The summed E-state index contributed by atoms with van der Waals surface area (Å²) >= 11 is 0. The van der Waals surface area contributed by atoms with Crippen molar-refractivity contribution in [2.45, 2.75) is 31.9 Å². The number of aliphatic hydroxyl groups excluding tert-OH is 1. The third kappa shape index (κ3) is 5.65. The highest BCUT2D eigenvalue weighted by atomic mass is 32.2. The van der Waals surface area contributed by atoms with Crippen LogP contribution < -0.4 is 10.1 Å². The van der Waals surface area contributed by atoms with E-state index in [4.69, 9.17) is 4.74 Å². The molecule has 1 aromatic rings. The molecule has 1 saturated heterocycles. The largest absolute Gasteiger partial charge is 0.491 e. The monoisotopic (exact) mass is 313 g/mol. The summed E-state index contributed by atoms with van der Waals surface area (Å²) in [7, 11) is -2.92. The number of benzene rings is 1. The molecular formula is C15H23NO4S. The van der Waals surface area contributed by atoms with E-state index in [1.165, 1.54) is 0 Å². The van der Waals surface area contributed by atoms with E-state index in [9.17, 15) is 13.5 Å². The van der Waals surface area contributed by atoms with Gasteiger partial charge < -0.3 is 15.2 Å². The summed E-state index contributed by atoms with van der Waals surface area (Å²) in [4.78, 5) is 0. The Balaban J connectivity index is 1.71. The van der Waals surface area contributed by atoms with Crippen LogP contribution in [0.3, 0.4) is 0 Å². The van der Waals surface area contributed by atoms with E-state index in [0.29, 0.717) is 13.0 Å². The molecule has 21 heavy (non-hydrogen) atoms. The van der Waals surface area contributed by atoms with Crippen LogP contribution in [0.1, 0.15) is 18.4 Å². The predicted octanol–water partition coefficient (Wildman–Crippen LogP) is 0.902. The van der Waals surface area contributed by atoms with Gasteiger partial charge in [-0.25, -0.2) is 8.42 Å². The lowest BCUT2D eigenvalue weighted by molar-refractivity contribution is 0.104. The maximum Gasteiger partial charge on any atom is 0.151 e. The van der Waals surface area contributed by atoms with E-state index in [1.807, 2.05) is 31.2 Å². The van der Waals surface area contributed by atoms with Crippen LogP contribution in [0.25, 0.3) is 0 Å². The van der Waals surface area contributed by atoms with Crippen molar-refractivity contribution in [3.8, 4) is 5.75 Å². The van der Waals surface area contributed by atoms with Crippen molar-refractivity contribution in [1.82, 2.24) is 5.32 Å². The number of ether oxygens (including phenoxy) is 1. The summed E-state index contributed by atoms with van der Waals surface area (Å²) in [5.41, 5.74) is 1.10. The fraction of sp³-hybridized carbons (Fsp3) is 0.600. The normalized spacial score (nSPS) is 22.7. The Labute approximate surface area is 126 Å². The van der Waals surface area contributed by atoms with Crippen molar-refractivity contribution in [2.24, 2.45) is 0 Å². The lowest BCUT2D eigenvalue weighted by Crippen LogP contribution is -2.44. The second-order valence-corrected chi connectivity index (χ2v) is 7.87. The van der Waals surface area contributed by atoms with Crippen LogP contribution >= 0.6 is 0 Å². The Hall–Kier alpha value is -1.11. The smallest absolute Gasteiger partial charge is 0.151 e. The third-order valence-corrected chi connectivity index (χ3v) is 5.36. The summed E-state index contributed by atoms with van der Waals surface area (Å²) in [5.74, 6) is 1.18. The molecule has 1 aliphatic heterocycles. The number of aryl methyl sites for hydroxylation is 1. The molecule has 0 radical (unpaired) electrons. The minimum Gasteiger partial charge on any atom is -0.491 e. The topological polar surface area (TPSA) is 75.6 Å². The molecule has 1 fully saturated rings. The summed E-state index contributed by atoms with van der Waals surface area (Å²) < 4.78 is 28.6. The summed E-state index contributed by atoms with van der Waals surface area (Å²) in [5, 5.41) is 13.0. The second kappa shape index (κ2) is 7.24. The number of nitrogens with one attached hydrogen (secondary N) is 1. The van der Waals surface area contributed by atoms with Gasteiger partial charge in [0.05, 0.1) is 11.5 Å². The first-order valence-electron chi connectivity index (χ1n) is 7.26. The van der Waals surface area contributed by atoms with Crippen molar-refractivity contribution in [2.75, 3.05) is 24.7 Å². The van der Waals surface area contributed by atoms with E-state index in [1.54, 1.807) is 0 Å². The Bertz CT molecular complexity index is 559. The Morgan fingerprint density at radius 3 is 3.00 bits per heavy atom. The zero-order valence-corrected chi connectivity index (χ0v) is 13.1. The average molecular weight is 313 g/mol. The molecule has 1 heterocycles. The minimum absolute atomic E-state index is 0.0580. The zero-order valence-electron chi connectivity index (χ0n) is 12.3. The van der Waals surface area contributed by atoms with Crippen molar-refractivity contribution >= 4 is 9.84 Å². The number of aliphatic hydroxyl groups is 1. The fourth-order valence-electron chi connectivity index (χ4n) is 2.44. The lowest BCUT2D eigenvalue weighted by Gasteiger charge is -2.24. The van der Waals surface area contributed by atoms with Gasteiger partial charge in [0.2, 0.25) is 0 Å². The van der Waals surface area contributed by atoms with Crippen LogP contribution in [0.4, 0.5) is 0 Å². The fourth-order valence-corrected chi connectivity index (χ4v) is 4.11. The molecule has 2 atom stereocenters. The quantitative estimate of drug-likeness (QED) is 0.816. The maximum absolute atomic E-state index is 11.5. The molecule has 2 unspecified atom stereocenters. The molecule has 118 valence electrons. The SMILES string of the molecule is Cc1cccc(OCC(O)CNC2CCCS(=O)(=O)C2)c1. The van der Waals surface area contributed by atoms with Crippen molar-refractivity contribution in [3.63, 3.8) is 0 Å². The number of hydrogen-bond donors (Lipinski definition) is 2. The first-order valence-corrected chi connectivity index (χ1v) is 9.08. The van der Waals surface area contributed by atoms with E-state index >= 15 is 0 Å². The highest BCUT2D eigenvalue weighted by Crippen LogP contribution is 2.13.